The number of piperidine rings is 1. The average molecular weight is 224 g/mol. The van der Waals surface area contributed by atoms with Crippen LogP contribution in [0.25, 0.3) is 0 Å². The normalized spacial score (nSPS) is 17.8. The van der Waals surface area contributed by atoms with Crippen LogP contribution in [-0.2, 0) is 0 Å². The van der Waals surface area contributed by atoms with E-state index in [4.69, 9.17) is 9.52 Å². The molecule has 0 atom stereocenters. The van der Waals surface area contributed by atoms with Gasteiger partial charge in [0.15, 0.2) is 6.39 Å². The standard InChI is InChI=1S/C11H16N2O3/c1-8-10(16-7-12-8)11(15)13-4-2-9(6-14)3-5-13/h7,9,14H,2-6H2,1H3. The summed E-state index contributed by atoms with van der Waals surface area (Å²) in [5.41, 5.74) is 0.634. The predicted octanol–water partition coefficient (Wildman–Crippen LogP) is 0.828. The van der Waals surface area contributed by atoms with Crippen molar-refractivity contribution in [1.82, 2.24) is 9.88 Å². The van der Waals surface area contributed by atoms with E-state index in [0.717, 1.165) is 12.8 Å². The van der Waals surface area contributed by atoms with Crippen LogP contribution in [0, 0.1) is 12.8 Å². The zero-order valence-corrected chi connectivity index (χ0v) is 9.35. The van der Waals surface area contributed by atoms with E-state index in [9.17, 15) is 4.79 Å². The first kappa shape index (κ1) is 11.1. The molecule has 1 aliphatic heterocycles. The van der Waals surface area contributed by atoms with Crippen molar-refractivity contribution in [3.63, 3.8) is 0 Å². The molecule has 1 saturated heterocycles. The first-order valence-electron chi connectivity index (χ1n) is 5.52. The Labute approximate surface area is 94.1 Å². The van der Waals surface area contributed by atoms with Crippen molar-refractivity contribution in [2.45, 2.75) is 19.8 Å². The maximum absolute atomic E-state index is 12.0. The lowest BCUT2D eigenvalue weighted by Crippen LogP contribution is -2.39. The number of aryl methyl sites for hydroxylation is 1. The third kappa shape index (κ3) is 2.09. The number of hydrogen-bond acceptors (Lipinski definition) is 4. The van der Waals surface area contributed by atoms with Crippen LogP contribution >= 0.6 is 0 Å². The number of aliphatic hydroxyl groups is 1. The molecule has 1 N–H and O–H groups in total. The number of rotatable bonds is 2. The average Bonchev–Trinajstić information content (AvgIpc) is 2.75. The summed E-state index contributed by atoms with van der Waals surface area (Å²) in [6.07, 6.45) is 3.01. The maximum Gasteiger partial charge on any atom is 0.291 e. The van der Waals surface area contributed by atoms with Crippen molar-refractivity contribution in [2.24, 2.45) is 5.92 Å². The summed E-state index contributed by atoms with van der Waals surface area (Å²) in [4.78, 5) is 17.7. The molecule has 0 unspecified atom stereocenters. The van der Waals surface area contributed by atoms with Crippen molar-refractivity contribution in [2.75, 3.05) is 19.7 Å². The molecule has 1 aromatic heterocycles. The molecule has 16 heavy (non-hydrogen) atoms. The van der Waals surface area contributed by atoms with Crippen molar-refractivity contribution >= 4 is 5.91 Å². The number of carbonyl (C=O) groups excluding carboxylic acids is 1. The quantitative estimate of drug-likeness (QED) is 0.808. The van der Waals surface area contributed by atoms with Crippen molar-refractivity contribution in [3.05, 3.63) is 17.8 Å². The summed E-state index contributed by atoms with van der Waals surface area (Å²) in [5, 5.41) is 9.01. The molecule has 5 nitrogen and oxygen atoms in total. The molecule has 0 spiro atoms. The second kappa shape index (κ2) is 4.65. The van der Waals surface area contributed by atoms with Crippen LogP contribution in [0.1, 0.15) is 29.1 Å². The van der Waals surface area contributed by atoms with Gasteiger partial charge in [0, 0.05) is 19.7 Å². The van der Waals surface area contributed by atoms with Crippen molar-refractivity contribution in [1.29, 1.82) is 0 Å². The maximum atomic E-state index is 12.0. The molecule has 5 heteroatoms. The molecule has 1 fully saturated rings. The second-order valence-electron chi connectivity index (χ2n) is 4.19. The largest absolute Gasteiger partial charge is 0.438 e. The highest BCUT2D eigenvalue weighted by atomic mass is 16.3. The number of aliphatic hydroxyl groups excluding tert-OH is 1. The van der Waals surface area contributed by atoms with E-state index in [-0.39, 0.29) is 12.5 Å². The van der Waals surface area contributed by atoms with Crippen LogP contribution in [0.4, 0.5) is 0 Å². The van der Waals surface area contributed by atoms with Crippen LogP contribution in [0.3, 0.4) is 0 Å². The Balaban J connectivity index is 2.00. The van der Waals surface area contributed by atoms with E-state index >= 15 is 0 Å². The molecule has 0 radical (unpaired) electrons. The van der Waals surface area contributed by atoms with Gasteiger partial charge in [-0.2, -0.15) is 0 Å². The molecule has 1 aliphatic rings. The summed E-state index contributed by atoms with van der Waals surface area (Å²) in [7, 11) is 0. The molecule has 0 aromatic carbocycles. The van der Waals surface area contributed by atoms with Gasteiger partial charge in [0.05, 0.1) is 5.69 Å². The fourth-order valence-corrected chi connectivity index (χ4v) is 1.97. The number of hydrogen-bond donors (Lipinski definition) is 1. The van der Waals surface area contributed by atoms with Gasteiger partial charge in [-0.1, -0.05) is 0 Å². The highest BCUT2D eigenvalue weighted by Gasteiger charge is 2.26. The van der Waals surface area contributed by atoms with Crippen LogP contribution in [0.5, 0.6) is 0 Å². The van der Waals surface area contributed by atoms with Crippen molar-refractivity contribution < 1.29 is 14.3 Å². The summed E-state index contributed by atoms with van der Waals surface area (Å²) >= 11 is 0. The molecule has 0 bridgehead atoms. The first-order chi connectivity index (χ1) is 7.72. The highest BCUT2D eigenvalue weighted by Crippen LogP contribution is 2.19. The Bertz CT molecular complexity index is 367. The molecule has 0 saturated carbocycles. The Morgan fingerprint density at radius 2 is 2.31 bits per heavy atom. The minimum Gasteiger partial charge on any atom is -0.438 e. The molecule has 1 amide bonds. The third-order valence-corrected chi connectivity index (χ3v) is 3.10. The van der Waals surface area contributed by atoms with E-state index in [1.807, 2.05) is 0 Å². The topological polar surface area (TPSA) is 66.6 Å². The van der Waals surface area contributed by atoms with Crippen LogP contribution in [0.2, 0.25) is 0 Å². The van der Waals surface area contributed by atoms with E-state index in [0.29, 0.717) is 30.5 Å². The van der Waals surface area contributed by atoms with Gasteiger partial charge in [0.25, 0.3) is 5.91 Å². The van der Waals surface area contributed by atoms with E-state index in [1.165, 1.54) is 6.39 Å². The Morgan fingerprint density at radius 3 is 2.81 bits per heavy atom. The van der Waals surface area contributed by atoms with Gasteiger partial charge in [-0.05, 0) is 25.7 Å². The molecule has 0 aliphatic carbocycles. The molecule has 1 aromatic rings. The lowest BCUT2D eigenvalue weighted by atomic mass is 9.98. The third-order valence-electron chi connectivity index (χ3n) is 3.10. The van der Waals surface area contributed by atoms with E-state index < -0.39 is 0 Å². The van der Waals surface area contributed by atoms with Gasteiger partial charge < -0.3 is 14.4 Å². The van der Waals surface area contributed by atoms with Crippen LogP contribution < -0.4 is 0 Å². The number of aromatic nitrogens is 1. The van der Waals surface area contributed by atoms with Gasteiger partial charge in [0.2, 0.25) is 5.76 Å². The SMILES string of the molecule is Cc1ncoc1C(=O)N1CCC(CO)CC1. The van der Waals surface area contributed by atoms with Gasteiger partial charge >= 0.3 is 0 Å². The number of nitrogens with zero attached hydrogens (tertiary/aromatic N) is 2. The molecule has 2 heterocycles. The van der Waals surface area contributed by atoms with Gasteiger partial charge in [-0.25, -0.2) is 4.98 Å². The van der Waals surface area contributed by atoms with Gasteiger partial charge in [0.1, 0.15) is 0 Å². The number of carbonyl (C=O) groups is 1. The Kier molecular flexibility index (Phi) is 3.24. The lowest BCUT2D eigenvalue weighted by molar-refractivity contribution is 0.0619. The summed E-state index contributed by atoms with van der Waals surface area (Å²) in [5.74, 6) is 0.578. The molecular formula is C11H16N2O3. The number of amides is 1. The van der Waals surface area contributed by atoms with Gasteiger partial charge in [-0.3, -0.25) is 4.79 Å². The second-order valence-corrected chi connectivity index (χ2v) is 4.19. The first-order valence-corrected chi connectivity index (χ1v) is 5.52. The fraction of sp³-hybridized carbons (Fsp3) is 0.636. The zero-order chi connectivity index (χ0) is 11.5. The summed E-state index contributed by atoms with van der Waals surface area (Å²) in [6, 6.07) is 0. The van der Waals surface area contributed by atoms with E-state index in [1.54, 1.807) is 11.8 Å². The highest BCUT2D eigenvalue weighted by molar-refractivity contribution is 5.92. The van der Waals surface area contributed by atoms with E-state index in [2.05, 4.69) is 4.98 Å². The lowest BCUT2D eigenvalue weighted by Gasteiger charge is -2.30. The number of likely N-dealkylation sites (tertiary alicyclic amines) is 1. The molecule has 2 rings (SSSR count). The number of oxazole rings is 1. The minimum atomic E-state index is -0.0913. The zero-order valence-electron chi connectivity index (χ0n) is 9.35. The fourth-order valence-electron chi connectivity index (χ4n) is 1.97. The van der Waals surface area contributed by atoms with Crippen LogP contribution in [-0.4, -0.2) is 40.6 Å². The minimum absolute atomic E-state index is 0.0913. The van der Waals surface area contributed by atoms with Crippen molar-refractivity contribution in [3.8, 4) is 0 Å². The molecule has 88 valence electrons. The van der Waals surface area contributed by atoms with Gasteiger partial charge in [-0.15, -0.1) is 0 Å². The molecular weight excluding hydrogens is 208 g/mol. The summed E-state index contributed by atoms with van der Waals surface area (Å²) < 4.78 is 5.08. The van der Waals surface area contributed by atoms with Crippen LogP contribution in [0.15, 0.2) is 10.8 Å². The Morgan fingerprint density at radius 1 is 1.62 bits per heavy atom. The monoisotopic (exact) mass is 224 g/mol. The summed E-state index contributed by atoms with van der Waals surface area (Å²) in [6.45, 7) is 3.34. The Hall–Kier alpha value is -1.36. The smallest absolute Gasteiger partial charge is 0.291 e. The predicted molar refractivity (Wildman–Crippen MR) is 57.0 cm³/mol.